The SMILES string of the molecule is CCOC(=O)C1=C(C)N=c2s/c(=C/c3cc(C)n(-c4cccc(C(=O)OC)c4)c3C)c(=O)n2[C@@H]1c1ccc(OC)c(OCC)c1. The maximum absolute atomic E-state index is 14.2. The fourth-order valence-corrected chi connectivity index (χ4v) is 6.64. The molecule has 0 aliphatic carbocycles. The van der Waals surface area contributed by atoms with Gasteiger partial charge in [0.15, 0.2) is 16.3 Å². The van der Waals surface area contributed by atoms with Crippen LogP contribution >= 0.6 is 11.3 Å². The van der Waals surface area contributed by atoms with Crippen molar-refractivity contribution in [3.63, 3.8) is 0 Å². The summed E-state index contributed by atoms with van der Waals surface area (Å²) in [6, 6.07) is 13.8. The van der Waals surface area contributed by atoms with Crippen LogP contribution in [0, 0.1) is 13.8 Å². The summed E-state index contributed by atoms with van der Waals surface area (Å²) in [5.74, 6) is 0.0857. The number of fused-ring (bicyclic) bond motifs is 1. The van der Waals surface area contributed by atoms with E-state index in [1.54, 1.807) is 55.9 Å². The molecule has 5 rings (SSSR count). The second-order valence-electron chi connectivity index (χ2n) is 10.3. The first kappa shape index (κ1) is 31.5. The number of methoxy groups -OCH3 is 2. The molecule has 1 atom stereocenters. The van der Waals surface area contributed by atoms with E-state index in [0.29, 0.717) is 44.3 Å². The number of aromatic nitrogens is 2. The van der Waals surface area contributed by atoms with Crippen LogP contribution in [0.15, 0.2) is 69.6 Å². The zero-order chi connectivity index (χ0) is 32.4. The van der Waals surface area contributed by atoms with Crippen LogP contribution in [0.5, 0.6) is 11.5 Å². The lowest BCUT2D eigenvalue weighted by Gasteiger charge is -2.25. The number of thiazole rings is 1. The molecule has 45 heavy (non-hydrogen) atoms. The van der Waals surface area contributed by atoms with Gasteiger partial charge in [-0.2, -0.15) is 0 Å². The summed E-state index contributed by atoms with van der Waals surface area (Å²) in [4.78, 5) is 44.8. The smallest absolute Gasteiger partial charge is 0.338 e. The molecule has 0 amide bonds. The Morgan fingerprint density at radius 2 is 1.76 bits per heavy atom. The Morgan fingerprint density at radius 1 is 0.978 bits per heavy atom. The van der Waals surface area contributed by atoms with Gasteiger partial charge in [0.25, 0.3) is 5.56 Å². The second-order valence-corrected chi connectivity index (χ2v) is 11.4. The molecule has 0 bridgehead atoms. The van der Waals surface area contributed by atoms with Crippen molar-refractivity contribution in [3.8, 4) is 17.2 Å². The summed E-state index contributed by atoms with van der Waals surface area (Å²) in [7, 11) is 2.91. The Balaban J connectivity index is 1.68. The Hall–Kier alpha value is -4.90. The number of nitrogens with zero attached hydrogens (tertiary/aromatic N) is 3. The van der Waals surface area contributed by atoms with E-state index in [4.69, 9.17) is 18.9 Å². The standard InChI is InChI=1S/C34H35N3O7S/c1-8-43-27-17-22(13-14-26(27)41-6)30-29(33(40)44-9-2)20(4)35-34-37(30)31(38)28(45-34)18-24-15-19(3)36(21(24)5)25-12-10-11-23(16-25)32(39)42-7/h10-18,30H,8-9H2,1-7H3/b28-18+/t30-/m1/s1. The number of carbonyl (C=O) groups excluding carboxylic acids is 2. The van der Waals surface area contributed by atoms with Crippen molar-refractivity contribution in [2.45, 2.75) is 40.7 Å². The first-order valence-electron chi connectivity index (χ1n) is 14.5. The van der Waals surface area contributed by atoms with E-state index in [1.807, 2.05) is 49.6 Å². The summed E-state index contributed by atoms with van der Waals surface area (Å²) >= 11 is 1.25. The average molecular weight is 630 g/mol. The van der Waals surface area contributed by atoms with Crippen molar-refractivity contribution < 1.29 is 28.5 Å². The predicted octanol–water partition coefficient (Wildman–Crippen LogP) is 4.40. The Kier molecular flexibility index (Phi) is 9.10. The third-order valence-electron chi connectivity index (χ3n) is 7.60. The number of ether oxygens (including phenoxy) is 4. The van der Waals surface area contributed by atoms with Crippen LogP contribution in [-0.4, -0.2) is 48.5 Å². The van der Waals surface area contributed by atoms with Crippen LogP contribution in [0.4, 0.5) is 0 Å². The molecule has 0 radical (unpaired) electrons. The van der Waals surface area contributed by atoms with Gasteiger partial charge in [-0.3, -0.25) is 9.36 Å². The first-order valence-corrected chi connectivity index (χ1v) is 15.3. The molecule has 0 saturated heterocycles. The number of allylic oxidation sites excluding steroid dienone is 1. The van der Waals surface area contributed by atoms with E-state index in [2.05, 4.69) is 4.99 Å². The molecular weight excluding hydrogens is 594 g/mol. The lowest BCUT2D eigenvalue weighted by atomic mass is 9.95. The number of hydrogen-bond acceptors (Lipinski definition) is 9. The zero-order valence-electron chi connectivity index (χ0n) is 26.3. The summed E-state index contributed by atoms with van der Waals surface area (Å²) in [5.41, 5.74) is 5.02. The minimum atomic E-state index is -0.791. The molecule has 0 fully saturated rings. The molecule has 0 saturated carbocycles. The number of benzene rings is 2. The third-order valence-corrected chi connectivity index (χ3v) is 8.59. The predicted molar refractivity (Wildman–Crippen MR) is 171 cm³/mol. The first-order chi connectivity index (χ1) is 21.6. The van der Waals surface area contributed by atoms with E-state index in [9.17, 15) is 14.4 Å². The minimum Gasteiger partial charge on any atom is -0.493 e. The quantitative estimate of drug-likeness (QED) is 0.253. The van der Waals surface area contributed by atoms with E-state index in [-0.39, 0.29) is 17.7 Å². The van der Waals surface area contributed by atoms with Gasteiger partial charge in [-0.15, -0.1) is 0 Å². The number of rotatable bonds is 9. The van der Waals surface area contributed by atoms with Crippen LogP contribution in [0.3, 0.4) is 0 Å². The van der Waals surface area contributed by atoms with Gasteiger partial charge in [0.2, 0.25) is 0 Å². The molecule has 4 aromatic rings. The largest absolute Gasteiger partial charge is 0.493 e. The van der Waals surface area contributed by atoms with Gasteiger partial charge in [-0.05, 0) is 88.2 Å². The monoisotopic (exact) mass is 629 g/mol. The Morgan fingerprint density at radius 3 is 2.44 bits per heavy atom. The molecule has 2 aromatic heterocycles. The van der Waals surface area contributed by atoms with Gasteiger partial charge in [0.05, 0.1) is 54.8 Å². The van der Waals surface area contributed by atoms with E-state index < -0.39 is 18.0 Å². The van der Waals surface area contributed by atoms with Gasteiger partial charge in [-0.1, -0.05) is 23.5 Å². The molecule has 1 aliphatic rings. The zero-order valence-corrected chi connectivity index (χ0v) is 27.1. The molecule has 1 aliphatic heterocycles. The maximum Gasteiger partial charge on any atom is 0.338 e. The summed E-state index contributed by atoms with van der Waals surface area (Å²) in [5, 5.41) is 0. The molecule has 3 heterocycles. The number of hydrogen-bond donors (Lipinski definition) is 0. The van der Waals surface area contributed by atoms with E-state index >= 15 is 0 Å². The normalized spacial score (nSPS) is 14.6. The van der Waals surface area contributed by atoms with Gasteiger partial charge in [0, 0.05) is 17.1 Å². The van der Waals surface area contributed by atoms with Crippen LogP contribution in [0.1, 0.15) is 59.7 Å². The highest BCUT2D eigenvalue weighted by molar-refractivity contribution is 7.07. The molecule has 10 nitrogen and oxygen atoms in total. The lowest BCUT2D eigenvalue weighted by molar-refractivity contribution is -0.139. The van der Waals surface area contributed by atoms with Gasteiger partial charge >= 0.3 is 11.9 Å². The highest BCUT2D eigenvalue weighted by Crippen LogP contribution is 2.36. The second kappa shape index (κ2) is 13.0. The average Bonchev–Trinajstić information content (AvgIpc) is 3.49. The van der Waals surface area contributed by atoms with Crippen molar-refractivity contribution in [1.82, 2.24) is 9.13 Å². The van der Waals surface area contributed by atoms with Crippen LogP contribution in [0.2, 0.25) is 0 Å². The highest BCUT2D eigenvalue weighted by atomic mass is 32.1. The van der Waals surface area contributed by atoms with Crippen molar-refractivity contribution in [1.29, 1.82) is 0 Å². The lowest BCUT2D eigenvalue weighted by Crippen LogP contribution is -2.40. The minimum absolute atomic E-state index is 0.178. The Labute approximate surface area is 264 Å². The fourth-order valence-electron chi connectivity index (χ4n) is 5.60. The number of aryl methyl sites for hydroxylation is 1. The number of carbonyl (C=O) groups is 2. The highest BCUT2D eigenvalue weighted by Gasteiger charge is 2.34. The van der Waals surface area contributed by atoms with Crippen molar-refractivity contribution in [3.05, 3.63) is 108 Å². The molecule has 0 N–H and O–H groups in total. The Bertz CT molecular complexity index is 2020. The maximum atomic E-state index is 14.2. The molecule has 234 valence electrons. The van der Waals surface area contributed by atoms with Crippen molar-refractivity contribution in [2.75, 3.05) is 27.4 Å². The third kappa shape index (κ3) is 5.83. The topological polar surface area (TPSA) is 110 Å². The molecular formula is C34H35N3O7S. The molecule has 0 spiro atoms. The molecule has 11 heteroatoms. The van der Waals surface area contributed by atoms with Gasteiger partial charge in [-0.25, -0.2) is 14.6 Å². The van der Waals surface area contributed by atoms with Gasteiger partial charge in [0.1, 0.15) is 0 Å². The molecule has 2 aromatic carbocycles. The van der Waals surface area contributed by atoms with Crippen LogP contribution in [0.25, 0.3) is 11.8 Å². The van der Waals surface area contributed by atoms with E-state index in [1.165, 1.54) is 18.4 Å². The van der Waals surface area contributed by atoms with Crippen LogP contribution in [-0.2, 0) is 14.3 Å². The summed E-state index contributed by atoms with van der Waals surface area (Å²) < 4.78 is 25.6. The summed E-state index contributed by atoms with van der Waals surface area (Å²) in [6.07, 6.45) is 1.84. The molecule has 0 unspecified atom stereocenters. The number of esters is 2. The van der Waals surface area contributed by atoms with Crippen molar-refractivity contribution in [2.24, 2.45) is 4.99 Å². The van der Waals surface area contributed by atoms with Crippen LogP contribution < -0.4 is 24.4 Å². The fraction of sp³-hybridized carbons (Fsp3) is 0.294. The van der Waals surface area contributed by atoms with E-state index in [0.717, 1.165) is 22.6 Å². The van der Waals surface area contributed by atoms with Gasteiger partial charge < -0.3 is 23.5 Å². The summed E-state index contributed by atoms with van der Waals surface area (Å²) in [6.45, 7) is 9.87. The van der Waals surface area contributed by atoms with Crippen molar-refractivity contribution >= 4 is 29.4 Å².